The number of carbonyl (C=O) groups excluding carboxylic acids is 2. The van der Waals surface area contributed by atoms with E-state index in [1.807, 2.05) is 25.7 Å². The molecule has 2 heterocycles. The standard InChI is InChI=1S/C17H16Cl4N6O2S/c1-4-22-15-23-16(26(5-2)6-3)25-17(24-15)30-27-13(28)7-8(14(27)29)10(19)12(21)11(20)9(7)18/h4-6H2,1-3H3,(H,22,23,24,25). The number of imide groups is 1. The number of carbonyl (C=O) groups is 2. The maximum absolute atomic E-state index is 12.9. The first kappa shape index (κ1) is 23.1. The predicted octanol–water partition coefficient (Wildman–Crippen LogP) is 5.07. The van der Waals surface area contributed by atoms with Crippen LogP contribution in [0.5, 0.6) is 0 Å². The number of anilines is 2. The topological polar surface area (TPSA) is 91.3 Å². The second kappa shape index (κ2) is 9.32. The van der Waals surface area contributed by atoms with Crippen molar-refractivity contribution in [3.8, 4) is 0 Å². The molecule has 0 unspecified atom stereocenters. The maximum atomic E-state index is 12.9. The Morgan fingerprint density at radius 2 is 1.40 bits per heavy atom. The fourth-order valence-electron chi connectivity index (χ4n) is 2.76. The van der Waals surface area contributed by atoms with Gasteiger partial charge in [0.1, 0.15) is 0 Å². The van der Waals surface area contributed by atoms with Crippen molar-refractivity contribution in [1.29, 1.82) is 0 Å². The van der Waals surface area contributed by atoms with Crippen LogP contribution in [-0.2, 0) is 0 Å². The Labute approximate surface area is 197 Å². The van der Waals surface area contributed by atoms with Gasteiger partial charge >= 0.3 is 0 Å². The van der Waals surface area contributed by atoms with Gasteiger partial charge in [0.05, 0.1) is 31.2 Å². The molecular formula is C17H16Cl4N6O2S. The lowest BCUT2D eigenvalue weighted by Crippen LogP contribution is -2.26. The monoisotopic (exact) mass is 508 g/mol. The van der Waals surface area contributed by atoms with Gasteiger partial charge in [0.2, 0.25) is 17.1 Å². The Bertz CT molecular complexity index is 987. The summed E-state index contributed by atoms with van der Waals surface area (Å²) in [6.45, 7) is 7.76. The first-order valence-corrected chi connectivity index (χ1v) is 11.2. The second-order valence-corrected chi connectivity index (χ2v) is 8.37. The molecule has 1 aliphatic heterocycles. The normalized spacial score (nSPS) is 13.1. The van der Waals surface area contributed by atoms with Crippen molar-refractivity contribution < 1.29 is 9.59 Å². The Hall–Kier alpha value is -1.52. The highest BCUT2D eigenvalue weighted by atomic mass is 35.5. The number of halogens is 4. The summed E-state index contributed by atoms with van der Waals surface area (Å²) in [4.78, 5) is 40.8. The molecule has 160 valence electrons. The fourth-order valence-corrected chi connectivity index (χ4v) is 4.54. The van der Waals surface area contributed by atoms with Crippen LogP contribution < -0.4 is 10.2 Å². The minimum atomic E-state index is -0.680. The van der Waals surface area contributed by atoms with E-state index in [2.05, 4.69) is 20.3 Å². The van der Waals surface area contributed by atoms with Crippen LogP contribution in [0.4, 0.5) is 11.9 Å². The molecule has 0 bridgehead atoms. The van der Waals surface area contributed by atoms with Gasteiger partial charge in [0.25, 0.3) is 11.8 Å². The predicted molar refractivity (Wildman–Crippen MR) is 120 cm³/mol. The Morgan fingerprint density at radius 3 is 1.87 bits per heavy atom. The number of fused-ring (bicyclic) bond motifs is 1. The molecule has 1 aromatic heterocycles. The summed E-state index contributed by atoms with van der Waals surface area (Å²) >= 11 is 25.2. The van der Waals surface area contributed by atoms with Gasteiger partial charge in [-0.3, -0.25) is 9.59 Å². The molecule has 1 aliphatic rings. The molecule has 2 aromatic rings. The minimum absolute atomic E-state index is 0.0894. The zero-order valence-electron chi connectivity index (χ0n) is 16.1. The molecule has 0 atom stereocenters. The molecular weight excluding hydrogens is 494 g/mol. The number of aromatic nitrogens is 3. The Morgan fingerprint density at radius 1 is 0.867 bits per heavy atom. The summed E-state index contributed by atoms with van der Waals surface area (Å²) in [5, 5.41) is 2.74. The van der Waals surface area contributed by atoms with E-state index in [1.165, 1.54) is 0 Å². The average Bonchev–Trinajstić information content (AvgIpc) is 2.96. The number of hydrogen-bond acceptors (Lipinski definition) is 8. The summed E-state index contributed by atoms with van der Waals surface area (Å²) < 4.78 is 0.881. The van der Waals surface area contributed by atoms with E-state index in [1.54, 1.807) is 0 Å². The van der Waals surface area contributed by atoms with Crippen LogP contribution >= 0.6 is 58.4 Å². The van der Waals surface area contributed by atoms with Crippen LogP contribution in [0.1, 0.15) is 41.5 Å². The Kier molecular flexibility index (Phi) is 7.19. The first-order valence-electron chi connectivity index (χ1n) is 8.92. The van der Waals surface area contributed by atoms with E-state index in [0.29, 0.717) is 31.5 Å². The maximum Gasteiger partial charge on any atom is 0.273 e. The van der Waals surface area contributed by atoms with Crippen LogP contribution in [0.2, 0.25) is 20.1 Å². The number of rotatable bonds is 7. The van der Waals surface area contributed by atoms with Gasteiger partial charge < -0.3 is 10.2 Å². The molecule has 1 N–H and O–H groups in total. The van der Waals surface area contributed by atoms with Gasteiger partial charge in [-0.2, -0.15) is 15.0 Å². The van der Waals surface area contributed by atoms with Gasteiger partial charge in [0.15, 0.2) is 0 Å². The zero-order chi connectivity index (χ0) is 22.2. The molecule has 0 saturated carbocycles. The number of hydrogen-bond donors (Lipinski definition) is 1. The quantitative estimate of drug-likeness (QED) is 0.239. The molecule has 8 nitrogen and oxygen atoms in total. The highest BCUT2D eigenvalue weighted by Gasteiger charge is 2.43. The summed E-state index contributed by atoms with van der Waals surface area (Å²) in [5.41, 5.74) is -0.197. The van der Waals surface area contributed by atoms with Crippen molar-refractivity contribution in [2.75, 3.05) is 29.9 Å². The van der Waals surface area contributed by atoms with Crippen LogP contribution in [0.25, 0.3) is 0 Å². The van der Waals surface area contributed by atoms with E-state index < -0.39 is 11.8 Å². The third-order valence-electron chi connectivity index (χ3n) is 4.22. The van der Waals surface area contributed by atoms with E-state index >= 15 is 0 Å². The van der Waals surface area contributed by atoms with Crippen molar-refractivity contribution in [2.24, 2.45) is 0 Å². The van der Waals surface area contributed by atoms with Crippen molar-refractivity contribution in [1.82, 2.24) is 19.3 Å². The number of nitrogens with zero attached hydrogens (tertiary/aromatic N) is 5. The van der Waals surface area contributed by atoms with E-state index in [4.69, 9.17) is 46.4 Å². The lowest BCUT2D eigenvalue weighted by molar-refractivity contribution is 0.0776. The van der Waals surface area contributed by atoms with Gasteiger partial charge in [-0.25, -0.2) is 4.31 Å². The molecule has 0 spiro atoms. The van der Waals surface area contributed by atoms with Gasteiger partial charge in [-0.1, -0.05) is 46.4 Å². The Balaban J connectivity index is 2.02. The van der Waals surface area contributed by atoms with E-state index in [0.717, 1.165) is 16.3 Å². The number of benzene rings is 1. The van der Waals surface area contributed by atoms with E-state index in [-0.39, 0.29) is 36.4 Å². The van der Waals surface area contributed by atoms with Crippen LogP contribution in [0.15, 0.2) is 5.16 Å². The van der Waals surface area contributed by atoms with Crippen molar-refractivity contribution in [3.05, 3.63) is 31.2 Å². The van der Waals surface area contributed by atoms with Gasteiger partial charge in [0, 0.05) is 31.6 Å². The number of nitrogens with one attached hydrogen (secondary N) is 1. The van der Waals surface area contributed by atoms with Gasteiger partial charge in [-0.15, -0.1) is 0 Å². The molecule has 3 rings (SSSR count). The SMILES string of the molecule is CCNc1nc(SN2C(=O)c3c(Cl)c(Cl)c(Cl)c(Cl)c3C2=O)nc(N(CC)CC)n1. The summed E-state index contributed by atoms with van der Waals surface area (Å²) in [6.07, 6.45) is 0. The first-order chi connectivity index (χ1) is 14.2. The highest BCUT2D eigenvalue weighted by Crippen LogP contribution is 2.46. The highest BCUT2D eigenvalue weighted by molar-refractivity contribution is 7.98. The van der Waals surface area contributed by atoms with E-state index in [9.17, 15) is 9.59 Å². The van der Waals surface area contributed by atoms with Gasteiger partial charge in [-0.05, 0) is 20.8 Å². The average molecular weight is 510 g/mol. The molecule has 0 fully saturated rings. The smallest absolute Gasteiger partial charge is 0.273 e. The molecule has 0 aliphatic carbocycles. The van der Waals surface area contributed by atoms with Crippen molar-refractivity contribution >= 4 is 82.1 Å². The molecule has 1 aromatic carbocycles. The molecule has 30 heavy (non-hydrogen) atoms. The second-order valence-electron chi connectivity index (χ2n) is 5.95. The van der Waals surface area contributed by atoms with Crippen LogP contribution in [-0.4, -0.2) is 50.7 Å². The van der Waals surface area contributed by atoms with Crippen molar-refractivity contribution in [2.45, 2.75) is 25.9 Å². The zero-order valence-corrected chi connectivity index (χ0v) is 19.9. The molecule has 0 radical (unpaired) electrons. The molecule has 0 saturated heterocycles. The number of amides is 2. The lowest BCUT2D eigenvalue weighted by atomic mass is 10.1. The fraction of sp³-hybridized carbons (Fsp3) is 0.353. The summed E-state index contributed by atoms with van der Waals surface area (Å²) in [7, 11) is 0. The lowest BCUT2D eigenvalue weighted by Gasteiger charge is -2.20. The van der Waals surface area contributed by atoms with Crippen LogP contribution in [0.3, 0.4) is 0 Å². The largest absolute Gasteiger partial charge is 0.354 e. The molecule has 13 heteroatoms. The third kappa shape index (κ3) is 4.01. The third-order valence-corrected chi connectivity index (χ3v) is 6.88. The van der Waals surface area contributed by atoms with Crippen molar-refractivity contribution in [3.63, 3.8) is 0 Å². The minimum Gasteiger partial charge on any atom is -0.354 e. The summed E-state index contributed by atoms with van der Waals surface area (Å²) in [5.74, 6) is -0.608. The molecule has 2 amide bonds. The summed E-state index contributed by atoms with van der Waals surface area (Å²) in [6, 6.07) is 0. The van der Waals surface area contributed by atoms with Crippen LogP contribution in [0, 0.1) is 0 Å².